The van der Waals surface area contributed by atoms with Crippen molar-refractivity contribution in [3.05, 3.63) is 51.8 Å². The van der Waals surface area contributed by atoms with Crippen LogP contribution in [0.1, 0.15) is 11.1 Å². The number of aliphatic imine (C=N–C) groups is 1. The second kappa shape index (κ2) is 8.74. The SMILES string of the molecule is COc1cc2nc(N3CCc4c(cccc4NC4=NCCSC4)C3)[nH]c(=O)c2cc1OC. The quantitative estimate of drug-likeness (QED) is 0.630. The number of benzene rings is 2. The smallest absolute Gasteiger partial charge is 0.260 e. The van der Waals surface area contributed by atoms with Gasteiger partial charge >= 0.3 is 0 Å². The summed E-state index contributed by atoms with van der Waals surface area (Å²) in [7, 11) is 3.12. The maximum absolute atomic E-state index is 12.8. The maximum Gasteiger partial charge on any atom is 0.260 e. The van der Waals surface area contributed by atoms with Crippen LogP contribution in [0.15, 0.2) is 40.1 Å². The van der Waals surface area contributed by atoms with Gasteiger partial charge < -0.3 is 19.7 Å². The Bertz CT molecular complexity index is 1260. The third-order valence-corrected chi connectivity index (χ3v) is 6.77. The maximum atomic E-state index is 12.8. The van der Waals surface area contributed by atoms with Gasteiger partial charge in [0.1, 0.15) is 5.84 Å². The lowest BCUT2D eigenvalue weighted by Gasteiger charge is -2.31. The molecule has 2 aliphatic rings. The zero-order valence-corrected chi connectivity index (χ0v) is 18.9. The minimum Gasteiger partial charge on any atom is -0.493 e. The van der Waals surface area contributed by atoms with Gasteiger partial charge in [-0.15, -0.1) is 0 Å². The number of amidine groups is 1. The Hall–Kier alpha value is -3.20. The molecule has 3 heterocycles. The lowest BCUT2D eigenvalue weighted by molar-refractivity contribution is 0.355. The van der Waals surface area contributed by atoms with E-state index >= 15 is 0 Å². The number of anilines is 2. The molecule has 2 aromatic carbocycles. The zero-order chi connectivity index (χ0) is 22.1. The second-order valence-corrected chi connectivity index (χ2v) is 8.84. The number of rotatable bonds is 4. The first-order valence-electron chi connectivity index (χ1n) is 10.6. The van der Waals surface area contributed by atoms with Crippen LogP contribution in [0.3, 0.4) is 0 Å². The Morgan fingerprint density at radius 2 is 2.03 bits per heavy atom. The van der Waals surface area contributed by atoms with E-state index < -0.39 is 0 Å². The van der Waals surface area contributed by atoms with Crippen molar-refractivity contribution in [2.75, 3.05) is 49.0 Å². The number of nitrogens with one attached hydrogen (secondary N) is 2. The molecule has 0 amide bonds. The first-order valence-corrected chi connectivity index (χ1v) is 11.7. The van der Waals surface area contributed by atoms with Crippen LogP contribution in [-0.4, -0.2) is 54.6 Å². The Balaban J connectivity index is 1.45. The van der Waals surface area contributed by atoms with Gasteiger partial charge in [-0.05, 0) is 29.7 Å². The Kier molecular flexibility index (Phi) is 5.65. The molecule has 2 aliphatic heterocycles. The van der Waals surface area contributed by atoms with Crippen molar-refractivity contribution >= 4 is 40.1 Å². The van der Waals surface area contributed by atoms with Crippen LogP contribution >= 0.6 is 11.8 Å². The van der Waals surface area contributed by atoms with E-state index in [1.54, 1.807) is 26.4 Å². The van der Waals surface area contributed by atoms with Crippen LogP contribution in [-0.2, 0) is 13.0 Å². The van der Waals surface area contributed by atoms with Gasteiger partial charge in [-0.2, -0.15) is 11.8 Å². The highest BCUT2D eigenvalue weighted by Crippen LogP contribution is 2.32. The lowest BCUT2D eigenvalue weighted by Crippen LogP contribution is -2.34. The molecular weight excluding hydrogens is 426 g/mol. The van der Waals surface area contributed by atoms with Crippen LogP contribution in [0.5, 0.6) is 11.5 Å². The topological polar surface area (TPSA) is 91.8 Å². The Labute approximate surface area is 190 Å². The van der Waals surface area contributed by atoms with Crippen molar-refractivity contribution in [3.63, 3.8) is 0 Å². The molecule has 32 heavy (non-hydrogen) atoms. The average molecular weight is 452 g/mol. The molecule has 0 unspecified atom stereocenters. The Morgan fingerprint density at radius 1 is 1.19 bits per heavy atom. The highest BCUT2D eigenvalue weighted by molar-refractivity contribution is 8.00. The number of hydrogen-bond donors (Lipinski definition) is 2. The zero-order valence-electron chi connectivity index (χ0n) is 18.1. The van der Waals surface area contributed by atoms with E-state index in [-0.39, 0.29) is 5.56 Å². The molecule has 0 saturated heterocycles. The van der Waals surface area contributed by atoms with Gasteiger partial charge in [0.2, 0.25) is 5.95 Å². The molecule has 8 nitrogen and oxygen atoms in total. The van der Waals surface area contributed by atoms with Crippen LogP contribution in [0, 0.1) is 0 Å². The van der Waals surface area contributed by atoms with E-state index in [1.165, 1.54) is 11.1 Å². The first kappa shape index (κ1) is 20.7. The summed E-state index contributed by atoms with van der Waals surface area (Å²) in [6.45, 7) is 2.30. The van der Waals surface area contributed by atoms with Crippen molar-refractivity contribution in [2.45, 2.75) is 13.0 Å². The number of nitrogens with zero attached hydrogens (tertiary/aromatic N) is 3. The molecule has 0 atom stereocenters. The first-order chi connectivity index (χ1) is 15.7. The molecule has 3 aromatic rings. The lowest BCUT2D eigenvalue weighted by atomic mass is 9.98. The van der Waals surface area contributed by atoms with E-state index in [4.69, 9.17) is 14.5 Å². The van der Waals surface area contributed by atoms with Crippen molar-refractivity contribution in [2.24, 2.45) is 4.99 Å². The van der Waals surface area contributed by atoms with Crippen molar-refractivity contribution in [3.8, 4) is 11.5 Å². The molecule has 166 valence electrons. The number of ether oxygens (including phenoxy) is 2. The summed E-state index contributed by atoms with van der Waals surface area (Å²) < 4.78 is 10.7. The summed E-state index contributed by atoms with van der Waals surface area (Å²) in [5.41, 5.74) is 4.03. The van der Waals surface area contributed by atoms with Gasteiger partial charge in [0, 0.05) is 30.6 Å². The van der Waals surface area contributed by atoms with E-state index in [9.17, 15) is 4.79 Å². The van der Waals surface area contributed by atoms with E-state index in [2.05, 4.69) is 38.4 Å². The minimum absolute atomic E-state index is 0.194. The van der Waals surface area contributed by atoms with Gasteiger partial charge in [-0.1, -0.05) is 12.1 Å². The standard InChI is InChI=1S/C23H25N5O3S/c1-30-19-10-16-18(11-20(19)31-2)26-23(27-22(16)29)28-8-6-15-14(12-28)4-3-5-17(15)25-21-13-32-9-7-24-21/h3-5,10-11H,6-9,12-13H2,1-2H3,(H,24,25)(H,26,27,29). The normalized spacial score (nSPS) is 15.8. The molecule has 1 aromatic heterocycles. The average Bonchev–Trinajstić information content (AvgIpc) is 2.83. The predicted molar refractivity (Wildman–Crippen MR) is 130 cm³/mol. The van der Waals surface area contributed by atoms with Gasteiger partial charge in [0.15, 0.2) is 11.5 Å². The summed E-state index contributed by atoms with van der Waals surface area (Å²) in [4.78, 5) is 27.2. The molecule has 0 aliphatic carbocycles. The molecule has 2 N–H and O–H groups in total. The van der Waals surface area contributed by atoms with Crippen molar-refractivity contribution < 1.29 is 9.47 Å². The summed E-state index contributed by atoms with van der Waals surface area (Å²) in [5.74, 6) is 4.67. The van der Waals surface area contributed by atoms with E-state index in [1.807, 2.05) is 11.8 Å². The molecule has 0 spiro atoms. The fourth-order valence-electron chi connectivity index (χ4n) is 4.20. The van der Waals surface area contributed by atoms with Crippen LogP contribution in [0.4, 0.5) is 11.6 Å². The molecular formula is C23H25N5O3S. The van der Waals surface area contributed by atoms with Crippen LogP contribution in [0.2, 0.25) is 0 Å². The highest BCUT2D eigenvalue weighted by atomic mass is 32.2. The highest BCUT2D eigenvalue weighted by Gasteiger charge is 2.22. The number of H-pyrrole nitrogens is 1. The number of aromatic nitrogens is 2. The third-order valence-electron chi connectivity index (χ3n) is 5.82. The van der Waals surface area contributed by atoms with Crippen molar-refractivity contribution in [1.29, 1.82) is 0 Å². The molecule has 0 bridgehead atoms. The van der Waals surface area contributed by atoms with Gasteiger partial charge in [-0.3, -0.25) is 14.8 Å². The number of aromatic amines is 1. The van der Waals surface area contributed by atoms with Crippen molar-refractivity contribution in [1.82, 2.24) is 9.97 Å². The molecule has 9 heteroatoms. The fourth-order valence-corrected chi connectivity index (χ4v) is 4.92. The largest absolute Gasteiger partial charge is 0.493 e. The van der Waals surface area contributed by atoms with Gasteiger partial charge in [0.25, 0.3) is 5.56 Å². The molecule has 5 rings (SSSR count). The summed E-state index contributed by atoms with van der Waals surface area (Å²) in [6.07, 6.45) is 0.854. The van der Waals surface area contributed by atoms with E-state index in [0.717, 1.165) is 42.5 Å². The number of methoxy groups -OCH3 is 2. The van der Waals surface area contributed by atoms with E-state index in [0.29, 0.717) is 34.9 Å². The minimum atomic E-state index is -0.194. The summed E-state index contributed by atoms with van der Waals surface area (Å²) >= 11 is 1.90. The summed E-state index contributed by atoms with van der Waals surface area (Å²) in [6, 6.07) is 9.73. The molecule has 0 saturated carbocycles. The number of fused-ring (bicyclic) bond motifs is 2. The third kappa shape index (κ3) is 3.88. The number of thioether (sulfide) groups is 1. The number of hydrogen-bond acceptors (Lipinski definition) is 8. The monoisotopic (exact) mass is 451 g/mol. The second-order valence-electron chi connectivity index (χ2n) is 7.73. The van der Waals surface area contributed by atoms with Crippen LogP contribution < -0.4 is 25.2 Å². The summed E-state index contributed by atoms with van der Waals surface area (Å²) in [5, 5.41) is 4.01. The van der Waals surface area contributed by atoms with Gasteiger partial charge in [-0.25, -0.2) is 4.98 Å². The predicted octanol–water partition coefficient (Wildman–Crippen LogP) is 3.06. The van der Waals surface area contributed by atoms with Crippen LogP contribution in [0.25, 0.3) is 10.9 Å². The fraction of sp³-hybridized carbons (Fsp3) is 0.348. The molecule has 0 radical (unpaired) electrons. The van der Waals surface area contributed by atoms with Gasteiger partial charge in [0.05, 0.1) is 37.4 Å². The molecule has 0 fully saturated rings. The Morgan fingerprint density at radius 3 is 2.81 bits per heavy atom.